The maximum absolute atomic E-state index is 13.9. The van der Waals surface area contributed by atoms with Crippen molar-refractivity contribution in [1.29, 1.82) is 0 Å². The number of halogens is 1. The third kappa shape index (κ3) is 3.02. The average Bonchev–Trinajstić information content (AvgIpc) is 2.79. The molecule has 2 N–H and O–H groups in total. The second kappa shape index (κ2) is 5.55. The van der Waals surface area contributed by atoms with E-state index < -0.39 is 12.9 Å². The maximum atomic E-state index is 13.9. The topological polar surface area (TPSA) is 58.3 Å². The minimum absolute atomic E-state index is 0.149. The van der Waals surface area contributed by atoms with Gasteiger partial charge in [-0.05, 0) is 11.5 Å². The Kier molecular flexibility index (Phi) is 4.02. The fraction of sp³-hybridized carbons (Fsp3) is 0.308. The molecule has 1 aromatic carbocycles. The highest BCUT2D eigenvalue weighted by atomic mass is 19.1. The highest BCUT2D eigenvalue weighted by Gasteiger charge is 2.14. The third-order valence-electron chi connectivity index (χ3n) is 2.98. The lowest BCUT2D eigenvalue weighted by atomic mass is 9.80. The third-order valence-corrected chi connectivity index (χ3v) is 2.98. The molecule has 6 heteroatoms. The number of hydrogen-bond donors (Lipinski definition) is 2. The first-order chi connectivity index (χ1) is 8.99. The molecule has 0 atom stereocenters. The van der Waals surface area contributed by atoms with E-state index >= 15 is 0 Å². The van der Waals surface area contributed by atoms with Crippen molar-refractivity contribution in [3.8, 4) is 0 Å². The minimum Gasteiger partial charge on any atom is -0.423 e. The number of benzene rings is 1. The zero-order valence-electron chi connectivity index (χ0n) is 10.9. The van der Waals surface area contributed by atoms with Crippen LogP contribution in [0, 0.1) is 5.82 Å². The molecule has 2 aromatic rings. The Morgan fingerprint density at radius 2 is 2.11 bits per heavy atom. The van der Waals surface area contributed by atoms with Gasteiger partial charge in [0.1, 0.15) is 11.6 Å². The van der Waals surface area contributed by atoms with E-state index in [0.29, 0.717) is 12.1 Å². The number of rotatable bonds is 4. The van der Waals surface area contributed by atoms with Crippen LogP contribution in [0.2, 0.25) is 0 Å². The first-order valence-corrected chi connectivity index (χ1v) is 6.14. The van der Waals surface area contributed by atoms with Crippen LogP contribution < -0.4 is 5.46 Å². The predicted molar refractivity (Wildman–Crippen MR) is 71.6 cm³/mol. The number of imidazole rings is 1. The molecular formula is C13H16BFN2O2. The molecule has 0 saturated heterocycles. The summed E-state index contributed by atoms with van der Waals surface area (Å²) in [6.07, 6.45) is 3.50. The van der Waals surface area contributed by atoms with Gasteiger partial charge in [0, 0.05) is 23.9 Å². The van der Waals surface area contributed by atoms with Gasteiger partial charge in [-0.25, -0.2) is 9.37 Å². The Morgan fingerprint density at radius 3 is 2.68 bits per heavy atom. The largest absolute Gasteiger partial charge is 0.488 e. The molecule has 0 saturated carbocycles. The normalized spacial score (nSPS) is 11.1. The van der Waals surface area contributed by atoms with Crippen molar-refractivity contribution < 1.29 is 14.4 Å². The molecule has 0 aliphatic heterocycles. The Morgan fingerprint density at radius 1 is 1.37 bits per heavy atom. The highest BCUT2D eigenvalue weighted by Crippen LogP contribution is 2.15. The van der Waals surface area contributed by atoms with E-state index in [1.807, 2.05) is 24.6 Å². The van der Waals surface area contributed by atoms with E-state index in [1.165, 1.54) is 6.07 Å². The Hall–Kier alpha value is -1.66. The van der Waals surface area contributed by atoms with Gasteiger partial charge < -0.3 is 14.6 Å². The van der Waals surface area contributed by atoms with E-state index in [0.717, 1.165) is 11.9 Å². The molecule has 0 bridgehead atoms. The quantitative estimate of drug-likeness (QED) is 0.804. The molecule has 19 heavy (non-hydrogen) atoms. The molecule has 1 aromatic heterocycles. The molecular weight excluding hydrogens is 246 g/mol. The van der Waals surface area contributed by atoms with Gasteiger partial charge in [-0.2, -0.15) is 0 Å². The van der Waals surface area contributed by atoms with Gasteiger partial charge in [0.25, 0.3) is 0 Å². The molecule has 4 nitrogen and oxygen atoms in total. The van der Waals surface area contributed by atoms with E-state index in [9.17, 15) is 4.39 Å². The first-order valence-electron chi connectivity index (χ1n) is 6.14. The van der Waals surface area contributed by atoms with E-state index in [4.69, 9.17) is 10.0 Å². The summed E-state index contributed by atoms with van der Waals surface area (Å²) in [6.45, 7) is 4.43. The SMILES string of the molecule is CC(C)c1nccn1Cc1ccc(B(O)O)cc1F. The van der Waals surface area contributed by atoms with Crippen molar-refractivity contribution in [2.75, 3.05) is 0 Å². The Labute approximate surface area is 111 Å². The summed E-state index contributed by atoms with van der Waals surface area (Å²) in [7, 11) is -1.65. The molecule has 1 heterocycles. The van der Waals surface area contributed by atoms with Crippen molar-refractivity contribution in [2.24, 2.45) is 0 Å². The molecule has 0 aliphatic carbocycles. The van der Waals surface area contributed by atoms with Crippen LogP contribution in [-0.4, -0.2) is 26.7 Å². The summed E-state index contributed by atoms with van der Waals surface area (Å²) in [5, 5.41) is 18.0. The summed E-state index contributed by atoms with van der Waals surface area (Å²) >= 11 is 0. The molecule has 0 fully saturated rings. The van der Waals surface area contributed by atoms with Gasteiger partial charge >= 0.3 is 7.12 Å². The molecule has 0 spiro atoms. The van der Waals surface area contributed by atoms with Crippen LogP contribution in [0.25, 0.3) is 0 Å². The molecule has 0 unspecified atom stereocenters. The van der Waals surface area contributed by atoms with Crippen molar-refractivity contribution in [3.05, 3.63) is 47.8 Å². The van der Waals surface area contributed by atoms with Gasteiger partial charge in [-0.3, -0.25) is 0 Å². The van der Waals surface area contributed by atoms with Gasteiger partial charge in [0.15, 0.2) is 0 Å². The summed E-state index contributed by atoms with van der Waals surface area (Å²) in [5.74, 6) is 0.705. The van der Waals surface area contributed by atoms with E-state index in [1.54, 1.807) is 12.3 Å². The zero-order valence-corrected chi connectivity index (χ0v) is 10.9. The Balaban J connectivity index is 2.26. The lowest BCUT2D eigenvalue weighted by Crippen LogP contribution is -2.30. The minimum atomic E-state index is -1.65. The standard InChI is InChI=1S/C13H16BFN2O2/c1-9(2)13-16-5-6-17(13)8-10-3-4-11(14(18)19)7-12(10)15/h3-7,9,18-19H,8H2,1-2H3. The van der Waals surface area contributed by atoms with Gasteiger partial charge in [-0.15, -0.1) is 0 Å². The summed E-state index contributed by atoms with van der Waals surface area (Å²) in [6, 6.07) is 4.22. The van der Waals surface area contributed by atoms with E-state index in [-0.39, 0.29) is 11.4 Å². The predicted octanol–water partition coefficient (Wildman–Crippen LogP) is 0.874. The fourth-order valence-electron chi connectivity index (χ4n) is 1.99. The molecule has 0 amide bonds. The second-order valence-corrected chi connectivity index (χ2v) is 4.79. The van der Waals surface area contributed by atoms with Crippen LogP contribution >= 0.6 is 0 Å². The van der Waals surface area contributed by atoms with Crippen molar-refractivity contribution in [2.45, 2.75) is 26.3 Å². The van der Waals surface area contributed by atoms with Crippen LogP contribution in [0.1, 0.15) is 31.2 Å². The molecule has 0 radical (unpaired) electrons. The number of aromatic nitrogens is 2. The van der Waals surface area contributed by atoms with Gasteiger partial charge in [0.05, 0.1) is 6.54 Å². The lowest BCUT2D eigenvalue weighted by molar-refractivity contribution is 0.425. The maximum Gasteiger partial charge on any atom is 0.488 e. The molecule has 2 rings (SSSR count). The molecule has 100 valence electrons. The summed E-state index contributed by atoms with van der Waals surface area (Å²) in [4.78, 5) is 4.25. The van der Waals surface area contributed by atoms with Crippen LogP contribution in [0.5, 0.6) is 0 Å². The molecule has 0 aliphatic rings. The van der Waals surface area contributed by atoms with Crippen LogP contribution in [-0.2, 0) is 6.54 Å². The summed E-state index contributed by atoms with van der Waals surface area (Å²) in [5.41, 5.74) is 0.639. The second-order valence-electron chi connectivity index (χ2n) is 4.79. The van der Waals surface area contributed by atoms with Crippen molar-refractivity contribution in [3.63, 3.8) is 0 Å². The monoisotopic (exact) mass is 262 g/mol. The summed E-state index contributed by atoms with van der Waals surface area (Å²) < 4.78 is 15.8. The van der Waals surface area contributed by atoms with Crippen LogP contribution in [0.15, 0.2) is 30.6 Å². The number of nitrogens with zero attached hydrogens (tertiary/aromatic N) is 2. The van der Waals surface area contributed by atoms with Crippen molar-refractivity contribution in [1.82, 2.24) is 9.55 Å². The lowest BCUT2D eigenvalue weighted by Gasteiger charge is -2.11. The smallest absolute Gasteiger partial charge is 0.423 e. The zero-order chi connectivity index (χ0) is 14.0. The number of hydrogen-bond acceptors (Lipinski definition) is 3. The Bertz CT molecular complexity index is 570. The fourth-order valence-corrected chi connectivity index (χ4v) is 1.99. The average molecular weight is 262 g/mol. The first kappa shape index (κ1) is 13.8. The highest BCUT2D eigenvalue weighted by molar-refractivity contribution is 6.58. The van der Waals surface area contributed by atoms with Gasteiger partial charge in [-0.1, -0.05) is 26.0 Å². The van der Waals surface area contributed by atoms with E-state index in [2.05, 4.69) is 4.98 Å². The van der Waals surface area contributed by atoms with Crippen LogP contribution in [0.3, 0.4) is 0 Å². The van der Waals surface area contributed by atoms with Crippen LogP contribution in [0.4, 0.5) is 4.39 Å². The van der Waals surface area contributed by atoms with Crippen molar-refractivity contribution >= 4 is 12.6 Å². The van der Waals surface area contributed by atoms with Gasteiger partial charge in [0.2, 0.25) is 0 Å².